The summed E-state index contributed by atoms with van der Waals surface area (Å²) in [6, 6.07) is 8.52. The maximum Gasteiger partial charge on any atom is 0.147 e. The van der Waals surface area contributed by atoms with Crippen molar-refractivity contribution in [2.45, 2.75) is 26.2 Å². The highest BCUT2D eigenvalue weighted by Crippen LogP contribution is 2.50. The zero-order valence-electron chi connectivity index (χ0n) is 10.1. The highest BCUT2D eigenvalue weighted by molar-refractivity contribution is 5.51. The van der Waals surface area contributed by atoms with E-state index >= 15 is 0 Å². The van der Waals surface area contributed by atoms with Crippen LogP contribution in [0.1, 0.15) is 36.6 Å². The third kappa shape index (κ3) is 1.46. The van der Waals surface area contributed by atoms with Crippen LogP contribution < -0.4 is 5.73 Å². The zero-order chi connectivity index (χ0) is 12.0. The van der Waals surface area contributed by atoms with Gasteiger partial charge in [-0.2, -0.15) is 0 Å². The van der Waals surface area contributed by atoms with Crippen molar-refractivity contribution in [2.75, 3.05) is 5.73 Å². The van der Waals surface area contributed by atoms with Crippen molar-refractivity contribution in [3.63, 3.8) is 0 Å². The summed E-state index contributed by atoms with van der Waals surface area (Å²) in [6.07, 6.45) is 2.58. The fourth-order valence-corrected chi connectivity index (χ4v) is 2.98. The molecule has 1 aliphatic carbocycles. The Morgan fingerprint density at radius 3 is 2.82 bits per heavy atom. The number of nitrogens with two attached hydrogens (primary N) is 1. The monoisotopic (exact) mass is 228 g/mol. The first-order valence-electron chi connectivity index (χ1n) is 5.87. The molecule has 0 spiro atoms. The highest BCUT2D eigenvalue weighted by Gasteiger charge is 2.42. The average Bonchev–Trinajstić information content (AvgIpc) is 2.77. The Bertz CT molecular complexity index is 557. The third-order valence-corrected chi connectivity index (χ3v) is 3.69. The maximum atomic E-state index is 5.94. The van der Waals surface area contributed by atoms with E-state index < -0.39 is 0 Å². The zero-order valence-corrected chi connectivity index (χ0v) is 10.1. The molecular weight excluding hydrogens is 212 g/mol. The average molecular weight is 228 g/mol. The molecule has 0 radical (unpaired) electrons. The van der Waals surface area contributed by atoms with Crippen LogP contribution in [0.15, 0.2) is 35.1 Å². The molecular formula is C14H16N2O. The van der Waals surface area contributed by atoms with Crippen LogP contribution >= 0.6 is 0 Å². The molecule has 1 aliphatic rings. The fraction of sp³-hybridized carbons (Fsp3) is 0.357. The summed E-state index contributed by atoms with van der Waals surface area (Å²) < 4.78 is 4.99. The Balaban J connectivity index is 2.18. The van der Waals surface area contributed by atoms with Crippen LogP contribution in [0.25, 0.3) is 0 Å². The van der Waals surface area contributed by atoms with E-state index in [1.54, 1.807) is 0 Å². The lowest BCUT2D eigenvalue weighted by Crippen LogP contribution is -2.20. The molecule has 1 heterocycles. The first kappa shape index (κ1) is 10.4. The Morgan fingerprint density at radius 2 is 2.12 bits per heavy atom. The Hall–Kier alpha value is -1.77. The fourth-order valence-electron chi connectivity index (χ4n) is 2.98. The summed E-state index contributed by atoms with van der Waals surface area (Å²) in [7, 11) is 0. The van der Waals surface area contributed by atoms with Crippen molar-refractivity contribution >= 4 is 5.69 Å². The summed E-state index contributed by atoms with van der Waals surface area (Å²) in [5.74, 6) is 0.234. The number of nitrogens with zero attached hydrogens (tertiary/aromatic N) is 1. The molecule has 3 rings (SSSR count). The smallest absolute Gasteiger partial charge is 0.147 e. The summed E-state index contributed by atoms with van der Waals surface area (Å²) in [6.45, 7) is 4.51. The molecule has 1 aromatic heterocycles. The molecule has 2 N–H and O–H groups in total. The summed E-state index contributed by atoms with van der Waals surface area (Å²) in [4.78, 5) is 0. The summed E-state index contributed by atoms with van der Waals surface area (Å²) in [5.41, 5.74) is 10.3. The minimum atomic E-state index is 0.134. The molecule has 2 aromatic rings. The van der Waals surface area contributed by atoms with Crippen molar-refractivity contribution in [1.82, 2.24) is 5.16 Å². The second kappa shape index (κ2) is 3.36. The van der Waals surface area contributed by atoms with Crippen LogP contribution in [0.4, 0.5) is 5.69 Å². The van der Waals surface area contributed by atoms with E-state index in [1.165, 1.54) is 17.4 Å². The van der Waals surface area contributed by atoms with E-state index in [0.717, 1.165) is 12.1 Å². The number of hydrogen-bond donors (Lipinski definition) is 1. The van der Waals surface area contributed by atoms with Crippen LogP contribution in [0, 0.1) is 5.41 Å². The van der Waals surface area contributed by atoms with E-state index in [1.807, 2.05) is 0 Å². The molecule has 0 saturated heterocycles. The van der Waals surface area contributed by atoms with E-state index in [2.05, 4.69) is 43.3 Å². The minimum Gasteiger partial charge on any atom is -0.395 e. The van der Waals surface area contributed by atoms with E-state index in [4.69, 9.17) is 10.3 Å². The second-order valence-corrected chi connectivity index (χ2v) is 5.45. The standard InChI is InChI=1S/C14H16N2O/c1-14(2)7-9-5-3-4-6-10(9)12(14)13-11(15)8-17-16-13/h3-6,8,12H,7,15H2,1-2H3. The molecule has 3 nitrogen and oxygen atoms in total. The van der Waals surface area contributed by atoms with Gasteiger partial charge in [-0.1, -0.05) is 43.3 Å². The lowest BCUT2D eigenvalue weighted by Gasteiger charge is -2.26. The molecule has 0 fully saturated rings. The lowest BCUT2D eigenvalue weighted by molar-refractivity contribution is 0.326. The lowest BCUT2D eigenvalue weighted by atomic mass is 9.77. The molecule has 17 heavy (non-hydrogen) atoms. The van der Waals surface area contributed by atoms with Crippen molar-refractivity contribution < 1.29 is 4.52 Å². The Morgan fingerprint density at radius 1 is 1.35 bits per heavy atom. The number of fused-ring (bicyclic) bond motifs is 1. The molecule has 88 valence electrons. The molecule has 1 atom stereocenters. The van der Waals surface area contributed by atoms with Gasteiger partial charge in [-0.25, -0.2) is 0 Å². The molecule has 0 aliphatic heterocycles. The maximum absolute atomic E-state index is 5.94. The molecule has 0 amide bonds. The molecule has 1 unspecified atom stereocenters. The van der Waals surface area contributed by atoms with Crippen LogP contribution in [-0.4, -0.2) is 5.16 Å². The van der Waals surface area contributed by atoms with Crippen LogP contribution in [0.3, 0.4) is 0 Å². The summed E-state index contributed by atoms with van der Waals surface area (Å²) >= 11 is 0. The van der Waals surface area contributed by atoms with Crippen molar-refractivity contribution in [3.8, 4) is 0 Å². The van der Waals surface area contributed by atoms with Crippen molar-refractivity contribution in [2.24, 2.45) is 5.41 Å². The molecule has 3 heteroatoms. The molecule has 1 aromatic carbocycles. The van der Waals surface area contributed by atoms with Gasteiger partial charge < -0.3 is 10.3 Å². The van der Waals surface area contributed by atoms with E-state index in [9.17, 15) is 0 Å². The normalized spacial score (nSPS) is 21.4. The quantitative estimate of drug-likeness (QED) is 0.816. The predicted octanol–water partition coefficient (Wildman–Crippen LogP) is 2.97. The number of anilines is 1. The van der Waals surface area contributed by atoms with Gasteiger partial charge in [-0.05, 0) is 23.0 Å². The number of benzene rings is 1. The Kier molecular flexibility index (Phi) is 2.05. The van der Waals surface area contributed by atoms with E-state index in [0.29, 0.717) is 5.69 Å². The van der Waals surface area contributed by atoms with Gasteiger partial charge in [0.2, 0.25) is 0 Å². The van der Waals surface area contributed by atoms with Crippen LogP contribution in [0.2, 0.25) is 0 Å². The van der Waals surface area contributed by atoms with Gasteiger partial charge in [0, 0.05) is 5.92 Å². The number of hydrogen-bond acceptors (Lipinski definition) is 3. The van der Waals surface area contributed by atoms with Gasteiger partial charge in [0.1, 0.15) is 12.0 Å². The highest BCUT2D eigenvalue weighted by atomic mass is 16.5. The number of aromatic nitrogens is 1. The van der Waals surface area contributed by atoms with Gasteiger partial charge in [-0.3, -0.25) is 0 Å². The second-order valence-electron chi connectivity index (χ2n) is 5.45. The predicted molar refractivity (Wildman–Crippen MR) is 66.7 cm³/mol. The largest absolute Gasteiger partial charge is 0.395 e. The summed E-state index contributed by atoms with van der Waals surface area (Å²) in [5, 5.41) is 4.09. The number of nitrogen functional groups attached to an aromatic ring is 1. The van der Waals surface area contributed by atoms with Crippen LogP contribution in [0.5, 0.6) is 0 Å². The van der Waals surface area contributed by atoms with Crippen LogP contribution in [-0.2, 0) is 6.42 Å². The van der Waals surface area contributed by atoms with Gasteiger partial charge in [-0.15, -0.1) is 0 Å². The molecule has 0 bridgehead atoms. The van der Waals surface area contributed by atoms with E-state index in [-0.39, 0.29) is 11.3 Å². The SMILES string of the molecule is CC1(C)Cc2ccccc2C1c1nocc1N. The van der Waals surface area contributed by atoms with Crippen molar-refractivity contribution in [3.05, 3.63) is 47.3 Å². The number of rotatable bonds is 1. The Labute approximate surface area is 101 Å². The van der Waals surface area contributed by atoms with Crippen molar-refractivity contribution in [1.29, 1.82) is 0 Å². The van der Waals surface area contributed by atoms with Gasteiger partial charge in [0.05, 0.1) is 5.69 Å². The molecule has 0 saturated carbocycles. The van der Waals surface area contributed by atoms with Gasteiger partial charge in [0.25, 0.3) is 0 Å². The topological polar surface area (TPSA) is 52.0 Å². The van der Waals surface area contributed by atoms with Gasteiger partial charge in [0.15, 0.2) is 0 Å². The first-order chi connectivity index (χ1) is 8.09. The van der Waals surface area contributed by atoms with Gasteiger partial charge >= 0.3 is 0 Å². The first-order valence-corrected chi connectivity index (χ1v) is 5.87. The third-order valence-electron chi connectivity index (χ3n) is 3.69. The minimum absolute atomic E-state index is 0.134.